The lowest BCUT2D eigenvalue weighted by molar-refractivity contribution is -0.384. The first-order valence-corrected chi connectivity index (χ1v) is 9.09. The number of hydrogen-bond donors (Lipinski definition) is 1. The Morgan fingerprint density at radius 3 is 2.68 bits per heavy atom. The average molecular weight is 442 g/mol. The van der Waals surface area contributed by atoms with Crippen molar-refractivity contribution in [3.8, 4) is 5.75 Å². The molecule has 0 aliphatic carbocycles. The summed E-state index contributed by atoms with van der Waals surface area (Å²) >= 11 is 3.51. The van der Waals surface area contributed by atoms with Gasteiger partial charge in [-0.2, -0.15) is 5.10 Å². The molecule has 0 saturated carbocycles. The van der Waals surface area contributed by atoms with E-state index in [4.69, 9.17) is 4.74 Å². The summed E-state index contributed by atoms with van der Waals surface area (Å²) in [6.45, 7) is 0. The van der Waals surface area contributed by atoms with Crippen LogP contribution in [0.3, 0.4) is 0 Å². The molecule has 0 bridgehead atoms. The monoisotopic (exact) mass is 441 g/mol. The molecule has 0 spiro atoms. The van der Waals surface area contributed by atoms with Crippen molar-refractivity contribution in [1.82, 2.24) is 5.43 Å². The minimum atomic E-state index is -0.506. The Morgan fingerprint density at radius 2 is 1.96 bits per heavy atom. The molecule has 0 aliphatic heterocycles. The number of carbonyl (C=O) groups is 1. The summed E-state index contributed by atoms with van der Waals surface area (Å²) in [4.78, 5) is 22.7. The molecule has 28 heavy (non-hydrogen) atoms. The number of amides is 1. The molecule has 0 saturated heterocycles. The third kappa shape index (κ3) is 4.34. The van der Waals surface area contributed by atoms with Crippen molar-refractivity contribution in [3.63, 3.8) is 0 Å². The van der Waals surface area contributed by atoms with Crippen LogP contribution in [-0.2, 0) is 11.2 Å². The largest absolute Gasteiger partial charge is 0.496 e. The van der Waals surface area contributed by atoms with Gasteiger partial charge in [0.05, 0.1) is 24.7 Å². The summed E-state index contributed by atoms with van der Waals surface area (Å²) in [6, 6.07) is 15.7. The van der Waals surface area contributed by atoms with Crippen LogP contribution in [0.15, 0.2) is 64.2 Å². The quantitative estimate of drug-likeness (QED) is 0.352. The number of benzene rings is 3. The van der Waals surface area contributed by atoms with Gasteiger partial charge in [-0.25, -0.2) is 5.43 Å². The Bertz CT molecular complexity index is 1080. The molecule has 1 amide bonds. The predicted molar refractivity (Wildman–Crippen MR) is 111 cm³/mol. The highest BCUT2D eigenvalue weighted by molar-refractivity contribution is 9.10. The topological polar surface area (TPSA) is 93.8 Å². The van der Waals surface area contributed by atoms with Crippen molar-refractivity contribution >= 4 is 44.5 Å². The van der Waals surface area contributed by atoms with E-state index in [1.807, 2.05) is 36.4 Å². The average Bonchev–Trinajstić information content (AvgIpc) is 2.70. The Labute approximate surface area is 169 Å². The van der Waals surface area contributed by atoms with E-state index >= 15 is 0 Å². The first-order valence-electron chi connectivity index (χ1n) is 8.30. The molecule has 0 radical (unpaired) electrons. The number of nitrogens with one attached hydrogen (secondary N) is 1. The van der Waals surface area contributed by atoms with Crippen molar-refractivity contribution in [2.75, 3.05) is 7.11 Å². The SMILES string of the molecule is COc1ccc([N+](=O)[O-])cc1C=NNC(=O)Cc1ccc(Br)c2ccccc12. The molecule has 0 heterocycles. The normalized spacial score (nSPS) is 10.9. The zero-order valence-electron chi connectivity index (χ0n) is 14.9. The lowest BCUT2D eigenvalue weighted by Gasteiger charge is -2.07. The fourth-order valence-electron chi connectivity index (χ4n) is 2.80. The van der Waals surface area contributed by atoms with Gasteiger partial charge in [-0.3, -0.25) is 14.9 Å². The fourth-order valence-corrected chi connectivity index (χ4v) is 3.28. The third-order valence-corrected chi connectivity index (χ3v) is 4.82. The van der Waals surface area contributed by atoms with Gasteiger partial charge < -0.3 is 4.74 Å². The van der Waals surface area contributed by atoms with Gasteiger partial charge in [0.25, 0.3) is 5.69 Å². The van der Waals surface area contributed by atoms with E-state index in [2.05, 4.69) is 26.5 Å². The number of rotatable bonds is 6. The zero-order chi connectivity index (χ0) is 20.1. The van der Waals surface area contributed by atoms with Crippen LogP contribution in [0.4, 0.5) is 5.69 Å². The number of methoxy groups -OCH3 is 1. The molecule has 7 nitrogen and oxygen atoms in total. The summed E-state index contributed by atoms with van der Waals surface area (Å²) in [6.07, 6.45) is 1.47. The number of hydrogen-bond acceptors (Lipinski definition) is 5. The van der Waals surface area contributed by atoms with E-state index in [1.54, 1.807) is 0 Å². The zero-order valence-corrected chi connectivity index (χ0v) is 16.5. The van der Waals surface area contributed by atoms with Crippen molar-refractivity contribution in [2.24, 2.45) is 5.10 Å². The summed E-state index contributed by atoms with van der Waals surface area (Å²) in [5.74, 6) is 0.121. The van der Waals surface area contributed by atoms with Crippen LogP contribution in [0, 0.1) is 10.1 Å². The molecule has 0 unspecified atom stereocenters. The Morgan fingerprint density at radius 1 is 1.21 bits per heavy atom. The van der Waals surface area contributed by atoms with E-state index < -0.39 is 4.92 Å². The molecule has 8 heteroatoms. The number of nitrogens with zero attached hydrogens (tertiary/aromatic N) is 2. The van der Waals surface area contributed by atoms with Crippen molar-refractivity contribution in [1.29, 1.82) is 0 Å². The molecule has 0 aliphatic rings. The molecule has 3 rings (SSSR count). The lowest BCUT2D eigenvalue weighted by Crippen LogP contribution is -2.20. The fraction of sp³-hybridized carbons (Fsp3) is 0.100. The number of fused-ring (bicyclic) bond motifs is 1. The van der Waals surface area contributed by atoms with Gasteiger partial charge in [0.1, 0.15) is 5.75 Å². The summed E-state index contributed by atoms with van der Waals surface area (Å²) in [5.41, 5.74) is 3.63. The highest BCUT2D eigenvalue weighted by atomic mass is 79.9. The van der Waals surface area contributed by atoms with E-state index in [1.165, 1.54) is 31.5 Å². The van der Waals surface area contributed by atoms with Gasteiger partial charge in [-0.15, -0.1) is 0 Å². The highest BCUT2D eigenvalue weighted by Gasteiger charge is 2.11. The Hall–Kier alpha value is -3.26. The molecule has 3 aromatic carbocycles. The Balaban J connectivity index is 1.74. The maximum atomic E-state index is 12.3. The number of nitro groups is 1. The lowest BCUT2D eigenvalue weighted by atomic mass is 10.0. The number of halogens is 1. The van der Waals surface area contributed by atoms with Crippen molar-refractivity contribution in [3.05, 3.63) is 80.3 Å². The molecule has 0 aromatic heterocycles. The minimum Gasteiger partial charge on any atom is -0.496 e. The second kappa shape index (κ2) is 8.62. The molecule has 142 valence electrons. The van der Waals surface area contributed by atoms with Gasteiger partial charge in [-0.05, 0) is 28.5 Å². The summed E-state index contributed by atoms with van der Waals surface area (Å²) < 4.78 is 6.12. The van der Waals surface area contributed by atoms with Crippen LogP contribution in [-0.4, -0.2) is 24.2 Å². The third-order valence-electron chi connectivity index (χ3n) is 4.13. The number of ether oxygens (including phenoxy) is 1. The highest BCUT2D eigenvalue weighted by Crippen LogP contribution is 2.27. The van der Waals surface area contributed by atoms with Crippen LogP contribution in [0.25, 0.3) is 10.8 Å². The van der Waals surface area contributed by atoms with Gasteiger partial charge in [0.15, 0.2) is 0 Å². The van der Waals surface area contributed by atoms with Gasteiger partial charge in [0.2, 0.25) is 5.91 Å². The van der Waals surface area contributed by atoms with Crippen LogP contribution in [0.2, 0.25) is 0 Å². The first kappa shape index (κ1) is 19.5. The molecular weight excluding hydrogens is 426 g/mol. The molecule has 0 fully saturated rings. The molecule has 3 aromatic rings. The number of nitro benzene ring substituents is 1. The Kier molecular flexibility index (Phi) is 6.00. The smallest absolute Gasteiger partial charge is 0.270 e. The first-order chi connectivity index (χ1) is 13.5. The summed E-state index contributed by atoms with van der Waals surface area (Å²) in [7, 11) is 1.45. The molecular formula is C20H16BrN3O4. The van der Waals surface area contributed by atoms with Gasteiger partial charge in [0, 0.05) is 22.2 Å². The van der Waals surface area contributed by atoms with Crippen molar-refractivity contribution in [2.45, 2.75) is 6.42 Å². The van der Waals surface area contributed by atoms with Gasteiger partial charge >= 0.3 is 0 Å². The van der Waals surface area contributed by atoms with Gasteiger partial charge in [-0.1, -0.05) is 46.3 Å². The van der Waals surface area contributed by atoms with Crippen molar-refractivity contribution < 1.29 is 14.5 Å². The van der Waals surface area contributed by atoms with E-state index in [-0.39, 0.29) is 18.0 Å². The van der Waals surface area contributed by atoms with E-state index in [0.29, 0.717) is 11.3 Å². The maximum Gasteiger partial charge on any atom is 0.270 e. The van der Waals surface area contributed by atoms with Crippen LogP contribution >= 0.6 is 15.9 Å². The predicted octanol–water partition coefficient (Wildman–Crippen LogP) is 4.21. The van der Waals surface area contributed by atoms with E-state index in [9.17, 15) is 14.9 Å². The second-order valence-corrected chi connectivity index (χ2v) is 6.76. The maximum absolute atomic E-state index is 12.3. The standard InChI is InChI=1S/C20H16BrN3O4/c1-28-19-9-7-15(24(26)27)10-14(19)12-22-23-20(25)11-13-6-8-18(21)17-5-3-2-4-16(13)17/h2-10,12H,11H2,1H3,(H,23,25). The molecule has 0 atom stereocenters. The summed E-state index contributed by atoms with van der Waals surface area (Å²) in [5, 5.41) is 16.8. The molecule has 1 N–H and O–H groups in total. The number of non-ortho nitro benzene ring substituents is 1. The van der Waals surface area contributed by atoms with Crippen LogP contribution < -0.4 is 10.2 Å². The minimum absolute atomic E-state index is 0.0880. The second-order valence-electron chi connectivity index (χ2n) is 5.91. The van der Waals surface area contributed by atoms with E-state index in [0.717, 1.165) is 20.8 Å². The number of carbonyl (C=O) groups excluding carboxylic acids is 1. The van der Waals surface area contributed by atoms with Crippen LogP contribution in [0.1, 0.15) is 11.1 Å². The van der Waals surface area contributed by atoms with Crippen LogP contribution in [0.5, 0.6) is 5.75 Å². The number of hydrazone groups is 1.